The molecule has 1 aromatic carbocycles. The molecule has 3 aromatic rings. The first-order chi connectivity index (χ1) is 13.5. The highest BCUT2D eigenvalue weighted by molar-refractivity contribution is 8.00. The van der Waals surface area contributed by atoms with Crippen molar-refractivity contribution in [1.82, 2.24) is 14.8 Å². The minimum Gasteiger partial charge on any atom is -0.467 e. The summed E-state index contributed by atoms with van der Waals surface area (Å²) in [6.07, 6.45) is 3.96. The lowest BCUT2D eigenvalue weighted by Crippen LogP contribution is -2.23. The molecule has 7 heteroatoms. The molecule has 1 amide bonds. The van der Waals surface area contributed by atoms with E-state index in [1.54, 1.807) is 6.26 Å². The zero-order valence-corrected chi connectivity index (χ0v) is 17.1. The van der Waals surface area contributed by atoms with Crippen LogP contribution in [0.4, 0.5) is 5.69 Å². The number of nitrogens with one attached hydrogen (secondary N) is 1. The van der Waals surface area contributed by atoms with Crippen LogP contribution in [0.15, 0.2) is 46.2 Å². The van der Waals surface area contributed by atoms with Gasteiger partial charge in [0.15, 0.2) is 5.16 Å². The summed E-state index contributed by atoms with van der Waals surface area (Å²) >= 11 is 1.43. The number of anilines is 1. The standard InChI is InChI=1S/C21H24N4O2S/c1-13-6-7-14(2)18(11-13)22-20(26)15(3)28-21-24-23-19(16-8-9-16)25(21)12-17-5-4-10-27-17/h4-7,10-11,15-16H,8-9,12H2,1-3H3,(H,22,26). The Bertz CT molecular complexity index is 976. The van der Waals surface area contributed by atoms with Crippen molar-refractivity contribution < 1.29 is 9.21 Å². The molecule has 0 radical (unpaired) electrons. The Morgan fingerprint density at radius 1 is 1.32 bits per heavy atom. The van der Waals surface area contributed by atoms with Crippen LogP contribution < -0.4 is 5.32 Å². The quantitative estimate of drug-likeness (QED) is 0.594. The molecule has 0 saturated heterocycles. The highest BCUT2D eigenvalue weighted by Gasteiger charge is 2.31. The molecule has 1 aliphatic carbocycles. The molecule has 1 unspecified atom stereocenters. The molecule has 6 nitrogen and oxygen atoms in total. The summed E-state index contributed by atoms with van der Waals surface area (Å²) in [6.45, 7) is 6.49. The Hall–Kier alpha value is -2.54. The predicted octanol–water partition coefficient (Wildman–Crippen LogP) is 4.53. The van der Waals surface area contributed by atoms with Crippen LogP contribution in [-0.2, 0) is 11.3 Å². The Kier molecular flexibility index (Phi) is 5.26. The Balaban J connectivity index is 1.50. The monoisotopic (exact) mass is 396 g/mol. The number of nitrogens with zero attached hydrogens (tertiary/aromatic N) is 3. The highest BCUT2D eigenvalue weighted by atomic mass is 32.2. The SMILES string of the molecule is Cc1ccc(C)c(NC(=O)C(C)Sc2nnc(C3CC3)n2Cc2ccco2)c1. The van der Waals surface area contributed by atoms with Gasteiger partial charge in [-0.25, -0.2) is 0 Å². The van der Waals surface area contributed by atoms with Gasteiger partial charge in [-0.15, -0.1) is 10.2 Å². The third-order valence-electron chi connectivity index (χ3n) is 4.88. The third-order valence-corrected chi connectivity index (χ3v) is 5.96. The molecule has 28 heavy (non-hydrogen) atoms. The van der Waals surface area contributed by atoms with Gasteiger partial charge in [0, 0.05) is 11.6 Å². The lowest BCUT2D eigenvalue weighted by Gasteiger charge is -2.14. The normalized spacial score (nSPS) is 14.8. The first-order valence-electron chi connectivity index (χ1n) is 9.51. The maximum atomic E-state index is 12.8. The van der Waals surface area contributed by atoms with Crippen LogP contribution in [0.2, 0.25) is 0 Å². The second kappa shape index (κ2) is 7.83. The Labute approximate surface area is 168 Å². The molecule has 1 N–H and O–H groups in total. The van der Waals surface area contributed by atoms with Crippen molar-refractivity contribution in [2.24, 2.45) is 0 Å². The van der Waals surface area contributed by atoms with Crippen molar-refractivity contribution in [3.05, 3.63) is 59.3 Å². The summed E-state index contributed by atoms with van der Waals surface area (Å²) in [5.74, 6) is 2.27. The van der Waals surface area contributed by atoms with Gasteiger partial charge in [0.25, 0.3) is 0 Å². The van der Waals surface area contributed by atoms with Crippen LogP contribution >= 0.6 is 11.8 Å². The van der Waals surface area contributed by atoms with Gasteiger partial charge < -0.3 is 9.73 Å². The summed E-state index contributed by atoms with van der Waals surface area (Å²) in [6, 6.07) is 9.88. The van der Waals surface area contributed by atoms with Gasteiger partial charge in [-0.2, -0.15) is 0 Å². The number of aromatic nitrogens is 3. The molecule has 0 bridgehead atoms. The number of benzene rings is 1. The number of amides is 1. The molecule has 1 fully saturated rings. The summed E-state index contributed by atoms with van der Waals surface area (Å²) in [7, 11) is 0. The number of rotatable bonds is 7. The van der Waals surface area contributed by atoms with Crippen LogP contribution in [-0.4, -0.2) is 25.9 Å². The Morgan fingerprint density at radius 2 is 2.14 bits per heavy atom. The molecule has 146 valence electrons. The first-order valence-corrected chi connectivity index (χ1v) is 10.4. The zero-order valence-electron chi connectivity index (χ0n) is 16.3. The first kappa shape index (κ1) is 18.8. The average Bonchev–Trinajstić information content (AvgIpc) is 3.24. The van der Waals surface area contributed by atoms with E-state index in [2.05, 4.69) is 20.1 Å². The van der Waals surface area contributed by atoms with Crippen molar-refractivity contribution >= 4 is 23.4 Å². The number of hydrogen-bond acceptors (Lipinski definition) is 5. The van der Waals surface area contributed by atoms with E-state index in [0.717, 1.165) is 46.4 Å². The minimum atomic E-state index is -0.300. The van der Waals surface area contributed by atoms with E-state index < -0.39 is 0 Å². The van der Waals surface area contributed by atoms with E-state index in [-0.39, 0.29) is 11.2 Å². The van der Waals surface area contributed by atoms with Crippen molar-refractivity contribution in [3.8, 4) is 0 Å². The van der Waals surface area contributed by atoms with Crippen molar-refractivity contribution in [3.63, 3.8) is 0 Å². The molecular formula is C21H24N4O2S. The molecule has 1 saturated carbocycles. The van der Waals surface area contributed by atoms with Gasteiger partial charge in [-0.05, 0) is 62.9 Å². The zero-order chi connectivity index (χ0) is 19.7. The van der Waals surface area contributed by atoms with Crippen molar-refractivity contribution in [2.75, 3.05) is 5.32 Å². The number of aryl methyl sites for hydroxylation is 2. The number of thioether (sulfide) groups is 1. The fraction of sp³-hybridized carbons (Fsp3) is 0.381. The fourth-order valence-electron chi connectivity index (χ4n) is 3.05. The van der Waals surface area contributed by atoms with Gasteiger partial charge in [0.2, 0.25) is 5.91 Å². The smallest absolute Gasteiger partial charge is 0.237 e. The maximum absolute atomic E-state index is 12.8. The molecule has 2 aromatic heterocycles. The van der Waals surface area contributed by atoms with Gasteiger partial charge in [-0.3, -0.25) is 9.36 Å². The van der Waals surface area contributed by atoms with Crippen molar-refractivity contribution in [2.45, 2.75) is 56.5 Å². The largest absolute Gasteiger partial charge is 0.467 e. The molecule has 0 aliphatic heterocycles. The number of hydrogen-bond donors (Lipinski definition) is 1. The minimum absolute atomic E-state index is 0.0424. The van der Waals surface area contributed by atoms with Crippen LogP contribution in [0.1, 0.15) is 48.4 Å². The summed E-state index contributed by atoms with van der Waals surface area (Å²) in [4.78, 5) is 12.8. The molecule has 0 spiro atoms. The summed E-state index contributed by atoms with van der Waals surface area (Å²) < 4.78 is 7.59. The van der Waals surface area contributed by atoms with Crippen LogP contribution in [0.5, 0.6) is 0 Å². The molecular weight excluding hydrogens is 372 g/mol. The molecule has 1 aliphatic rings. The second-order valence-electron chi connectivity index (χ2n) is 7.35. The van der Waals surface area contributed by atoms with Crippen LogP contribution in [0, 0.1) is 13.8 Å². The van der Waals surface area contributed by atoms with E-state index in [9.17, 15) is 4.79 Å². The lowest BCUT2D eigenvalue weighted by atomic mass is 10.1. The molecule has 1 atom stereocenters. The van der Waals surface area contributed by atoms with Gasteiger partial charge >= 0.3 is 0 Å². The fourth-order valence-corrected chi connectivity index (χ4v) is 3.91. The van der Waals surface area contributed by atoms with E-state index in [0.29, 0.717) is 12.5 Å². The second-order valence-corrected chi connectivity index (χ2v) is 8.66. The summed E-state index contributed by atoms with van der Waals surface area (Å²) in [5.41, 5.74) is 3.02. The van der Waals surface area contributed by atoms with E-state index in [1.807, 2.05) is 51.1 Å². The van der Waals surface area contributed by atoms with E-state index in [1.165, 1.54) is 11.8 Å². The molecule has 4 rings (SSSR count). The van der Waals surface area contributed by atoms with Crippen LogP contribution in [0.25, 0.3) is 0 Å². The lowest BCUT2D eigenvalue weighted by molar-refractivity contribution is -0.115. The Morgan fingerprint density at radius 3 is 2.86 bits per heavy atom. The highest BCUT2D eigenvalue weighted by Crippen LogP contribution is 2.40. The van der Waals surface area contributed by atoms with Gasteiger partial charge in [0.1, 0.15) is 11.6 Å². The number of furan rings is 1. The summed E-state index contributed by atoms with van der Waals surface area (Å²) in [5, 5.41) is 12.3. The van der Waals surface area contributed by atoms with Crippen molar-refractivity contribution in [1.29, 1.82) is 0 Å². The van der Waals surface area contributed by atoms with Crippen LogP contribution in [0.3, 0.4) is 0 Å². The third kappa shape index (κ3) is 4.14. The predicted molar refractivity (Wildman–Crippen MR) is 110 cm³/mol. The van der Waals surface area contributed by atoms with E-state index in [4.69, 9.17) is 4.42 Å². The van der Waals surface area contributed by atoms with Gasteiger partial charge in [0.05, 0.1) is 18.1 Å². The molecule has 2 heterocycles. The number of carbonyl (C=O) groups is 1. The van der Waals surface area contributed by atoms with E-state index >= 15 is 0 Å². The number of carbonyl (C=O) groups excluding carboxylic acids is 1. The maximum Gasteiger partial charge on any atom is 0.237 e. The topological polar surface area (TPSA) is 73.0 Å². The average molecular weight is 397 g/mol. The van der Waals surface area contributed by atoms with Gasteiger partial charge in [-0.1, -0.05) is 23.9 Å².